The molecule has 2 rings (SSSR count). The van der Waals surface area contributed by atoms with Crippen LogP contribution in [-0.4, -0.2) is 11.5 Å². The molecule has 0 unspecified atom stereocenters. The molecule has 1 heterocycles. The van der Waals surface area contributed by atoms with Crippen molar-refractivity contribution >= 4 is 5.82 Å². The van der Waals surface area contributed by atoms with Crippen molar-refractivity contribution in [3.8, 4) is 5.75 Å². The van der Waals surface area contributed by atoms with Gasteiger partial charge in [-0.1, -0.05) is 24.3 Å². The van der Waals surface area contributed by atoms with Crippen molar-refractivity contribution in [1.82, 2.24) is 4.98 Å². The van der Waals surface area contributed by atoms with E-state index < -0.39 is 0 Å². The van der Waals surface area contributed by atoms with E-state index >= 15 is 0 Å². The number of rotatable bonds is 5. The van der Waals surface area contributed by atoms with Crippen LogP contribution >= 0.6 is 0 Å². The van der Waals surface area contributed by atoms with Gasteiger partial charge in [0, 0.05) is 6.54 Å². The molecule has 2 aromatic rings. The van der Waals surface area contributed by atoms with Crippen molar-refractivity contribution < 1.29 is 4.74 Å². The molecule has 0 bridgehead atoms. The van der Waals surface area contributed by atoms with Crippen LogP contribution in [0.3, 0.4) is 0 Å². The Kier molecular flexibility index (Phi) is 4.39. The third-order valence-electron chi connectivity index (χ3n) is 2.94. The van der Waals surface area contributed by atoms with Crippen molar-refractivity contribution in [3.63, 3.8) is 0 Å². The minimum Gasteiger partial charge on any atom is -0.487 e. The second kappa shape index (κ2) is 6.23. The van der Waals surface area contributed by atoms with Crippen LogP contribution in [0.1, 0.15) is 23.7 Å². The standard InChI is InChI=1S/C16H20N2O/c1-4-17-15-10-6-9-14(18-15)11-19-16-12(2)7-5-8-13(16)3/h5-10H,4,11H2,1-3H3,(H,17,18). The molecule has 0 aliphatic carbocycles. The molecule has 3 nitrogen and oxygen atoms in total. The van der Waals surface area contributed by atoms with Crippen LogP contribution in [0.2, 0.25) is 0 Å². The zero-order chi connectivity index (χ0) is 13.7. The maximum atomic E-state index is 5.90. The predicted molar refractivity (Wildman–Crippen MR) is 78.6 cm³/mol. The fourth-order valence-corrected chi connectivity index (χ4v) is 2.01. The highest BCUT2D eigenvalue weighted by Gasteiger charge is 2.04. The summed E-state index contributed by atoms with van der Waals surface area (Å²) in [6, 6.07) is 12.1. The van der Waals surface area contributed by atoms with Gasteiger partial charge in [-0.3, -0.25) is 0 Å². The van der Waals surface area contributed by atoms with Crippen molar-refractivity contribution in [1.29, 1.82) is 0 Å². The van der Waals surface area contributed by atoms with Crippen LogP contribution in [0, 0.1) is 13.8 Å². The second-order valence-electron chi connectivity index (χ2n) is 4.55. The van der Waals surface area contributed by atoms with E-state index in [2.05, 4.69) is 43.2 Å². The number of nitrogens with one attached hydrogen (secondary N) is 1. The van der Waals surface area contributed by atoms with Crippen molar-refractivity contribution in [2.24, 2.45) is 0 Å². The maximum Gasteiger partial charge on any atom is 0.130 e. The number of anilines is 1. The fraction of sp³-hybridized carbons (Fsp3) is 0.312. The first kappa shape index (κ1) is 13.4. The number of benzene rings is 1. The predicted octanol–water partition coefficient (Wildman–Crippen LogP) is 3.71. The van der Waals surface area contributed by atoms with E-state index in [1.165, 1.54) is 0 Å². The molecule has 100 valence electrons. The SMILES string of the molecule is CCNc1cccc(COc2c(C)cccc2C)n1. The molecular weight excluding hydrogens is 236 g/mol. The topological polar surface area (TPSA) is 34.1 Å². The van der Waals surface area contributed by atoms with Gasteiger partial charge in [0.1, 0.15) is 18.2 Å². The van der Waals surface area contributed by atoms with Crippen molar-refractivity contribution in [3.05, 3.63) is 53.2 Å². The van der Waals surface area contributed by atoms with E-state index in [4.69, 9.17) is 4.74 Å². The number of pyridine rings is 1. The molecule has 1 aromatic heterocycles. The van der Waals surface area contributed by atoms with Crippen LogP contribution in [0.25, 0.3) is 0 Å². The first-order valence-corrected chi connectivity index (χ1v) is 6.59. The van der Waals surface area contributed by atoms with Gasteiger partial charge in [-0.2, -0.15) is 0 Å². The summed E-state index contributed by atoms with van der Waals surface area (Å²) in [5, 5.41) is 3.20. The summed E-state index contributed by atoms with van der Waals surface area (Å²) < 4.78 is 5.90. The highest BCUT2D eigenvalue weighted by atomic mass is 16.5. The number of hydrogen-bond donors (Lipinski definition) is 1. The van der Waals surface area contributed by atoms with Crippen LogP contribution < -0.4 is 10.1 Å². The zero-order valence-corrected chi connectivity index (χ0v) is 11.7. The lowest BCUT2D eigenvalue weighted by Crippen LogP contribution is -2.04. The van der Waals surface area contributed by atoms with Gasteiger partial charge in [-0.15, -0.1) is 0 Å². The molecule has 0 saturated heterocycles. The van der Waals surface area contributed by atoms with Gasteiger partial charge in [-0.05, 0) is 44.0 Å². The van der Waals surface area contributed by atoms with E-state index in [1.54, 1.807) is 0 Å². The van der Waals surface area contributed by atoms with Crippen LogP contribution in [0.4, 0.5) is 5.82 Å². The minimum absolute atomic E-state index is 0.491. The van der Waals surface area contributed by atoms with Gasteiger partial charge < -0.3 is 10.1 Å². The van der Waals surface area contributed by atoms with E-state index in [9.17, 15) is 0 Å². The zero-order valence-electron chi connectivity index (χ0n) is 11.7. The Labute approximate surface area is 114 Å². The lowest BCUT2D eigenvalue weighted by molar-refractivity contribution is 0.297. The average molecular weight is 256 g/mol. The van der Waals surface area contributed by atoms with Crippen LogP contribution in [-0.2, 0) is 6.61 Å². The monoisotopic (exact) mass is 256 g/mol. The normalized spacial score (nSPS) is 10.3. The van der Waals surface area contributed by atoms with E-state index in [0.29, 0.717) is 6.61 Å². The molecule has 0 spiro atoms. The summed E-state index contributed by atoms with van der Waals surface area (Å²) in [5.74, 6) is 1.85. The van der Waals surface area contributed by atoms with E-state index in [-0.39, 0.29) is 0 Å². The average Bonchev–Trinajstić information content (AvgIpc) is 2.39. The van der Waals surface area contributed by atoms with Gasteiger partial charge in [-0.25, -0.2) is 4.98 Å². The number of nitrogens with zero attached hydrogens (tertiary/aromatic N) is 1. The first-order valence-electron chi connectivity index (χ1n) is 6.59. The molecule has 3 heteroatoms. The van der Waals surface area contributed by atoms with Crippen LogP contribution in [0.15, 0.2) is 36.4 Å². The van der Waals surface area contributed by atoms with Gasteiger partial charge in [0.25, 0.3) is 0 Å². The third-order valence-corrected chi connectivity index (χ3v) is 2.94. The third kappa shape index (κ3) is 3.47. The summed E-state index contributed by atoms with van der Waals surface area (Å²) in [7, 11) is 0. The number of hydrogen-bond acceptors (Lipinski definition) is 3. The van der Waals surface area contributed by atoms with Crippen molar-refractivity contribution in [2.45, 2.75) is 27.4 Å². The molecule has 0 atom stereocenters. The Morgan fingerprint density at radius 1 is 1.05 bits per heavy atom. The Morgan fingerprint density at radius 2 is 1.74 bits per heavy atom. The Bertz CT molecular complexity index is 532. The molecule has 19 heavy (non-hydrogen) atoms. The van der Waals surface area contributed by atoms with E-state index in [0.717, 1.165) is 34.9 Å². The van der Waals surface area contributed by atoms with Gasteiger partial charge in [0.05, 0.1) is 5.69 Å². The summed E-state index contributed by atoms with van der Waals surface area (Å²) in [6.07, 6.45) is 0. The smallest absolute Gasteiger partial charge is 0.130 e. The van der Waals surface area contributed by atoms with Crippen molar-refractivity contribution in [2.75, 3.05) is 11.9 Å². The summed E-state index contributed by atoms with van der Waals surface area (Å²) in [6.45, 7) is 7.54. The maximum absolute atomic E-state index is 5.90. The number of ether oxygens (including phenoxy) is 1. The molecule has 0 saturated carbocycles. The highest BCUT2D eigenvalue weighted by molar-refractivity contribution is 5.40. The summed E-state index contributed by atoms with van der Waals surface area (Å²) in [5.41, 5.74) is 3.24. The number of aryl methyl sites for hydroxylation is 2. The minimum atomic E-state index is 0.491. The quantitative estimate of drug-likeness (QED) is 0.885. The van der Waals surface area contributed by atoms with Gasteiger partial charge in [0.2, 0.25) is 0 Å². The lowest BCUT2D eigenvalue weighted by atomic mass is 10.1. The van der Waals surface area contributed by atoms with Gasteiger partial charge >= 0.3 is 0 Å². The summed E-state index contributed by atoms with van der Waals surface area (Å²) >= 11 is 0. The molecule has 0 aliphatic rings. The van der Waals surface area contributed by atoms with E-state index in [1.807, 2.05) is 24.3 Å². The molecule has 0 fully saturated rings. The number of aromatic nitrogens is 1. The van der Waals surface area contributed by atoms with Crippen LogP contribution in [0.5, 0.6) is 5.75 Å². The highest BCUT2D eigenvalue weighted by Crippen LogP contribution is 2.23. The molecule has 1 N–H and O–H groups in total. The Morgan fingerprint density at radius 3 is 2.42 bits per heavy atom. The second-order valence-corrected chi connectivity index (χ2v) is 4.55. The fourth-order valence-electron chi connectivity index (χ4n) is 2.01. The number of para-hydroxylation sites is 1. The summed E-state index contributed by atoms with van der Waals surface area (Å²) in [4.78, 5) is 4.50. The molecule has 0 amide bonds. The largest absolute Gasteiger partial charge is 0.487 e. The molecule has 1 aromatic carbocycles. The Hall–Kier alpha value is -2.03. The first-order chi connectivity index (χ1) is 9.20. The molecule has 0 radical (unpaired) electrons. The van der Waals surface area contributed by atoms with Gasteiger partial charge in [0.15, 0.2) is 0 Å². The lowest BCUT2D eigenvalue weighted by Gasteiger charge is -2.12. The molecule has 0 aliphatic heterocycles. The molecular formula is C16H20N2O. The Balaban J connectivity index is 2.08.